The quantitative estimate of drug-likeness (QED) is 0.722. The second-order valence-electron chi connectivity index (χ2n) is 5.95. The lowest BCUT2D eigenvalue weighted by molar-refractivity contribution is -0.139. The zero-order valence-electron chi connectivity index (χ0n) is 13.8. The van der Waals surface area contributed by atoms with Crippen LogP contribution >= 0.6 is 0 Å². The first-order chi connectivity index (χ1) is 11.6. The Kier molecular flexibility index (Phi) is 7.55. The summed E-state index contributed by atoms with van der Waals surface area (Å²) in [5.41, 5.74) is 1.06. The van der Waals surface area contributed by atoms with E-state index in [1.54, 1.807) is 12.1 Å². The average Bonchev–Trinajstić information content (AvgIpc) is 2.60. The third-order valence-corrected chi connectivity index (χ3v) is 3.99. The second-order valence-corrected chi connectivity index (χ2v) is 5.95. The number of carbonyl (C=O) groups excluding carboxylic acids is 1. The predicted octanol–water partition coefficient (Wildman–Crippen LogP) is 2.16. The maximum atomic E-state index is 11.8. The minimum atomic E-state index is -1.000. The highest BCUT2D eigenvalue weighted by Gasteiger charge is 2.15. The number of amides is 1. The fraction of sp³-hybridized carbons (Fsp3) is 0.556. The molecule has 1 heterocycles. The van der Waals surface area contributed by atoms with E-state index < -0.39 is 5.97 Å². The van der Waals surface area contributed by atoms with Crippen molar-refractivity contribution in [3.8, 4) is 5.75 Å². The molecular weight excluding hydrogens is 310 g/mol. The molecule has 1 aliphatic heterocycles. The van der Waals surface area contributed by atoms with Gasteiger partial charge in [0, 0.05) is 19.6 Å². The van der Waals surface area contributed by atoms with Crippen LogP contribution in [-0.2, 0) is 20.7 Å². The Morgan fingerprint density at radius 3 is 2.71 bits per heavy atom. The van der Waals surface area contributed by atoms with Crippen LogP contribution in [0.3, 0.4) is 0 Å². The maximum absolute atomic E-state index is 11.8. The Bertz CT molecular complexity index is 523. The van der Waals surface area contributed by atoms with Crippen molar-refractivity contribution in [2.24, 2.45) is 0 Å². The molecule has 0 spiro atoms. The monoisotopic (exact) mass is 335 g/mol. The minimum absolute atomic E-state index is 0.0607. The molecule has 0 aromatic heterocycles. The molecule has 1 aromatic carbocycles. The number of hydrogen-bond acceptors (Lipinski definition) is 4. The highest BCUT2D eigenvalue weighted by Crippen LogP contribution is 2.17. The van der Waals surface area contributed by atoms with Gasteiger partial charge >= 0.3 is 5.97 Å². The SMILES string of the molecule is O=C(O)COc1ccc(CCNC(=O)CCC2CCCCO2)cc1. The van der Waals surface area contributed by atoms with Gasteiger partial charge in [0.2, 0.25) is 5.91 Å². The number of carboxylic acids is 1. The van der Waals surface area contributed by atoms with Crippen LogP contribution in [0.4, 0.5) is 0 Å². The van der Waals surface area contributed by atoms with Gasteiger partial charge < -0.3 is 19.9 Å². The van der Waals surface area contributed by atoms with Crippen LogP contribution in [0.5, 0.6) is 5.75 Å². The van der Waals surface area contributed by atoms with Gasteiger partial charge in [0.15, 0.2) is 6.61 Å². The van der Waals surface area contributed by atoms with Crippen molar-refractivity contribution < 1.29 is 24.2 Å². The summed E-state index contributed by atoms with van der Waals surface area (Å²) in [6.45, 7) is 1.05. The van der Waals surface area contributed by atoms with E-state index in [1.807, 2.05) is 12.1 Å². The van der Waals surface area contributed by atoms with Gasteiger partial charge in [-0.15, -0.1) is 0 Å². The van der Waals surface area contributed by atoms with E-state index in [-0.39, 0.29) is 18.6 Å². The fourth-order valence-corrected chi connectivity index (χ4v) is 2.66. The first-order valence-corrected chi connectivity index (χ1v) is 8.45. The molecule has 1 amide bonds. The summed E-state index contributed by atoms with van der Waals surface area (Å²) in [6.07, 6.45) is 5.65. The molecule has 0 radical (unpaired) electrons. The molecule has 6 heteroatoms. The van der Waals surface area contributed by atoms with Gasteiger partial charge in [-0.25, -0.2) is 4.79 Å². The zero-order valence-corrected chi connectivity index (χ0v) is 13.8. The third-order valence-electron chi connectivity index (χ3n) is 3.99. The fourth-order valence-electron chi connectivity index (χ4n) is 2.66. The molecule has 1 atom stereocenters. The lowest BCUT2D eigenvalue weighted by atomic mass is 10.0. The Morgan fingerprint density at radius 2 is 2.04 bits per heavy atom. The van der Waals surface area contributed by atoms with Crippen molar-refractivity contribution in [3.63, 3.8) is 0 Å². The van der Waals surface area contributed by atoms with Crippen molar-refractivity contribution >= 4 is 11.9 Å². The average molecular weight is 335 g/mol. The van der Waals surface area contributed by atoms with E-state index in [1.165, 1.54) is 6.42 Å². The second kappa shape index (κ2) is 9.93. The Morgan fingerprint density at radius 1 is 1.25 bits per heavy atom. The van der Waals surface area contributed by atoms with Gasteiger partial charge in [-0.2, -0.15) is 0 Å². The van der Waals surface area contributed by atoms with Gasteiger partial charge in [0.25, 0.3) is 0 Å². The Hall–Kier alpha value is -2.08. The van der Waals surface area contributed by atoms with E-state index in [2.05, 4.69) is 5.32 Å². The summed E-state index contributed by atoms with van der Waals surface area (Å²) in [4.78, 5) is 22.3. The predicted molar refractivity (Wildman–Crippen MR) is 89.1 cm³/mol. The number of aliphatic carboxylic acids is 1. The molecule has 1 unspecified atom stereocenters. The molecule has 1 fully saturated rings. The van der Waals surface area contributed by atoms with Crippen LogP contribution < -0.4 is 10.1 Å². The minimum Gasteiger partial charge on any atom is -0.482 e. The van der Waals surface area contributed by atoms with Crippen molar-refractivity contribution in [2.45, 2.75) is 44.6 Å². The number of ether oxygens (including phenoxy) is 2. The Balaban J connectivity index is 1.60. The maximum Gasteiger partial charge on any atom is 0.341 e. The van der Waals surface area contributed by atoms with Crippen molar-refractivity contribution in [1.29, 1.82) is 0 Å². The van der Waals surface area contributed by atoms with Gasteiger partial charge in [-0.05, 0) is 49.8 Å². The van der Waals surface area contributed by atoms with Crippen LogP contribution in [0.1, 0.15) is 37.7 Å². The van der Waals surface area contributed by atoms with Gasteiger partial charge in [-0.3, -0.25) is 4.79 Å². The number of nitrogens with one attached hydrogen (secondary N) is 1. The van der Waals surface area contributed by atoms with E-state index in [9.17, 15) is 9.59 Å². The standard InChI is InChI=1S/C18H25NO5/c20-17(9-8-15-3-1-2-12-23-15)19-11-10-14-4-6-16(7-5-14)24-13-18(21)22/h4-7,15H,1-3,8-13H2,(H,19,20)(H,21,22). The summed E-state index contributed by atoms with van der Waals surface area (Å²) in [7, 11) is 0. The number of carbonyl (C=O) groups is 2. The van der Waals surface area contributed by atoms with Crippen LogP contribution in [0.25, 0.3) is 0 Å². The number of rotatable bonds is 9. The number of hydrogen-bond donors (Lipinski definition) is 2. The van der Waals surface area contributed by atoms with Crippen molar-refractivity contribution in [2.75, 3.05) is 19.8 Å². The van der Waals surface area contributed by atoms with E-state index >= 15 is 0 Å². The largest absolute Gasteiger partial charge is 0.482 e. The summed E-state index contributed by atoms with van der Waals surface area (Å²) < 4.78 is 10.7. The molecule has 1 saturated heterocycles. The molecule has 0 aliphatic carbocycles. The van der Waals surface area contributed by atoms with Crippen molar-refractivity contribution in [3.05, 3.63) is 29.8 Å². The highest BCUT2D eigenvalue weighted by molar-refractivity contribution is 5.75. The topological polar surface area (TPSA) is 84.9 Å². The summed E-state index contributed by atoms with van der Waals surface area (Å²) in [5.74, 6) is -0.413. The van der Waals surface area contributed by atoms with Crippen LogP contribution in [-0.4, -0.2) is 42.8 Å². The first kappa shape index (κ1) is 18.3. The van der Waals surface area contributed by atoms with E-state index in [0.29, 0.717) is 18.7 Å². The van der Waals surface area contributed by atoms with Crippen molar-refractivity contribution in [1.82, 2.24) is 5.32 Å². The summed E-state index contributed by atoms with van der Waals surface area (Å²) in [5, 5.41) is 11.5. The molecule has 6 nitrogen and oxygen atoms in total. The molecule has 24 heavy (non-hydrogen) atoms. The van der Waals surface area contributed by atoms with Crippen LogP contribution in [0, 0.1) is 0 Å². The number of benzene rings is 1. The molecule has 2 rings (SSSR count). The normalized spacial score (nSPS) is 17.2. The van der Waals surface area contributed by atoms with E-state index in [0.717, 1.165) is 37.9 Å². The highest BCUT2D eigenvalue weighted by atomic mass is 16.5. The molecule has 132 valence electrons. The van der Waals surface area contributed by atoms with Gasteiger partial charge in [0.05, 0.1) is 6.10 Å². The smallest absolute Gasteiger partial charge is 0.341 e. The third kappa shape index (κ3) is 7.00. The van der Waals surface area contributed by atoms with Crippen LogP contribution in [0.15, 0.2) is 24.3 Å². The first-order valence-electron chi connectivity index (χ1n) is 8.45. The molecule has 0 saturated carbocycles. The molecule has 2 N–H and O–H groups in total. The number of carboxylic acid groups (broad SMARTS) is 1. The lowest BCUT2D eigenvalue weighted by Crippen LogP contribution is -2.27. The molecular formula is C18H25NO5. The molecule has 0 bridgehead atoms. The zero-order chi connectivity index (χ0) is 17.2. The van der Waals surface area contributed by atoms with Gasteiger partial charge in [0.1, 0.15) is 5.75 Å². The lowest BCUT2D eigenvalue weighted by Gasteiger charge is -2.22. The van der Waals surface area contributed by atoms with Crippen LogP contribution in [0.2, 0.25) is 0 Å². The molecule has 1 aromatic rings. The molecule has 1 aliphatic rings. The van der Waals surface area contributed by atoms with E-state index in [4.69, 9.17) is 14.6 Å². The summed E-state index contributed by atoms with van der Waals surface area (Å²) in [6, 6.07) is 7.22. The summed E-state index contributed by atoms with van der Waals surface area (Å²) >= 11 is 0. The Labute approximate surface area is 142 Å². The van der Waals surface area contributed by atoms with Gasteiger partial charge in [-0.1, -0.05) is 12.1 Å².